The maximum atomic E-state index is 12.4. The van der Waals surface area contributed by atoms with Crippen molar-refractivity contribution in [1.29, 1.82) is 0 Å². The SMILES string of the molecule is CNCC1CCCN1C(=O)c1cnn(C)c1C.Cl. The molecule has 1 fully saturated rings. The van der Waals surface area contributed by atoms with Crippen LogP contribution < -0.4 is 5.32 Å². The fraction of sp³-hybridized carbons (Fsp3) is 0.667. The highest BCUT2D eigenvalue weighted by Crippen LogP contribution is 2.20. The van der Waals surface area contributed by atoms with Crippen LogP contribution in [0.1, 0.15) is 28.9 Å². The molecule has 5 nitrogen and oxygen atoms in total. The van der Waals surface area contributed by atoms with E-state index in [0.29, 0.717) is 6.04 Å². The summed E-state index contributed by atoms with van der Waals surface area (Å²) in [7, 11) is 3.79. The first-order valence-corrected chi connectivity index (χ1v) is 6.09. The van der Waals surface area contributed by atoms with Crippen LogP contribution >= 0.6 is 12.4 Å². The molecule has 1 aromatic rings. The van der Waals surface area contributed by atoms with Gasteiger partial charge in [-0.25, -0.2) is 0 Å². The minimum atomic E-state index is 0. The van der Waals surface area contributed by atoms with Crippen LogP contribution in [0.15, 0.2) is 6.20 Å². The second-order valence-corrected chi connectivity index (χ2v) is 4.62. The molecule has 1 saturated heterocycles. The van der Waals surface area contributed by atoms with Crippen LogP contribution in [-0.2, 0) is 7.05 Å². The molecule has 0 bridgehead atoms. The first-order valence-electron chi connectivity index (χ1n) is 6.09. The summed E-state index contributed by atoms with van der Waals surface area (Å²) in [5.41, 5.74) is 1.67. The summed E-state index contributed by atoms with van der Waals surface area (Å²) in [6.45, 7) is 3.66. The number of amides is 1. The van der Waals surface area contributed by atoms with E-state index < -0.39 is 0 Å². The van der Waals surface area contributed by atoms with Gasteiger partial charge in [0.15, 0.2) is 0 Å². The van der Waals surface area contributed by atoms with Crippen molar-refractivity contribution in [1.82, 2.24) is 20.0 Å². The Hall–Kier alpha value is -1.07. The van der Waals surface area contributed by atoms with Crippen LogP contribution in [0.2, 0.25) is 0 Å². The van der Waals surface area contributed by atoms with Gasteiger partial charge in [-0.05, 0) is 26.8 Å². The molecule has 1 N–H and O–H groups in total. The van der Waals surface area contributed by atoms with Crippen molar-refractivity contribution in [3.8, 4) is 0 Å². The van der Waals surface area contributed by atoms with Crippen molar-refractivity contribution in [3.63, 3.8) is 0 Å². The maximum absolute atomic E-state index is 12.4. The van der Waals surface area contributed by atoms with Gasteiger partial charge in [0.1, 0.15) is 0 Å². The topological polar surface area (TPSA) is 50.2 Å². The van der Waals surface area contributed by atoms with Gasteiger partial charge in [-0.2, -0.15) is 5.10 Å². The predicted molar refractivity (Wildman–Crippen MR) is 73.2 cm³/mol. The van der Waals surface area contributed by atoms with Crippen molar-refractivity contribution < 1.29 is 4.79 Å². The molecule has 1 atom stereocenters. The van der Waals surface area contributed by atoms with Gasteiger partial charge in [-0.1, -0.05) is 0 Å². The standard InChI is InChI=1S/C12H20N4O.ClH/c1-9-11(8-14-15(9)3)12(17)16-6-4-5-10(16)7-13-2;/h8,10,13H,4-7H2,1-3H3;1H. The minimum absolute atomic E-state index is 0. The van der Waals surface area contributed by atoms with E-state index in [1.165, 1.54) is 0 Å². The van der Waals surface area contributed by atoms with Crippen LogP contribution in [0, 0.1) is 6.92 Å². The van der Waals surface area contributed by atoms with Crippen molar-refractivity contribution in [2.24, 2.45) is 7.05 Å². The predicted octanol–water partition coefficient (Wildman–Crippen LogP) is 0.974. The summed E-state index contributed by atoms with van der Waals surface area (Å²) in [5, 5.41) is 7.28. The summed E-state index contributed by atoms with van der Waals surface area (Å²) in [6, 6.07) is 0.326. The molecule has 2 rings (SSSR count). The van der Waals surface area contributed by atoms with Gasteiger partial charge >= 0.3 is 0 Å². The Bertz CT molecular complexity index is 418. The normalized spacial score (nSPS) is 18.8. The molecular formula is C12H21ClN4O. The van der Waals surface area contributed by atoms with Gasteiger partial charge in [0.25, 0.3) is 5.91 Å². The van der Waals surface area contributed by atoms with Gasteiger partial charge in [-0.3, -0.25) is 9.48 Å². The Morgan fingerprint density at radius 2 is 2.33 bits per heavy atom. The largest absolute Gasteiger partial charge is 0.334 e. The Morgan fingerprint density at radius 3 is 2.89 bits per heavy atom. The number of hydrogen-bond acceptors (Lipinski definition) is 3. The van der Waals surface area contributed by atoms with Gasteiger partial charge in [-0.15, -0.1) is 12.4 Å². The van der Waals surface area contributed by atoms with Crippen molar-refractivity contribution in [2.75, 3.05) is 20.1 Å². The molecule has 1 amide bonds. The van der Waals surface area contributed by atoms with E-state index in [-0.39, 0.29) is 18.3 Å². The Morgan fingerprint density at radius 1 is 1.61 bits per heavy atom. The zero-order valence-electron chi connectivity index (χ0n) is 11.1. The fourth-order valence-corrected chi connectivity index (χ4v) is 2.41. The molecule has 6 heteroatoms. The van der Waals surface area contributed by atoms with Crippen molar-refractivity contribution in [2.45, 2.75) is 25.8 Å². The molecule has 18 heavy (non-hydrogen) atoms. The lowest BCUT2D eigenvalue weighted by atomic mass is 10.2. The number of nitrogens with one attached hydrogen (secondary N) is 1. The zero-order valence-corrected chi connectivity index (χ0v) is 12.0. The number of halogens is 1. The van der Waals surface area contributed by atoms with E-state index in [0.717, 1.165) is 37.2 Å². The van der Waals surface area contributed by atoms with E-state index in [1.807, 2.05) is 25.9 Å². The van der Waals surface area contributed by atoms with E-state index in [4.69, 9.17) is 0 Å². The molecular weight excluding hydrogens is 252 g/mol. The summed E-state index contributed by atoms with van der Waals surface area (Å²) < 4.78 is 1.75. The monoisotopic (exact) mass is 272 g/mol. The van der Waals surface area contributed by atoms with E-state index in [1.54, 1.807) is 10.9 Å². The average Bonchev–Trinajstić information content (AvgIpc) is 2.88. The number of likely N-dealkylation sites (N-methyl/N-ethyl adjacent to an activating group) is 1. The maximum Gasteiger partial charge on any atom is 0.257 e. The van der Waals surface area contributed by atoms with Crippen molar-refractivity contribution in [3.05, 3.63) is 17.5 Å². The molecule has 1 aliphatic heterocycles. The van der Waals surface area contributed by atoms with Crippen LogP contribution in [0.3, 0.4) is 0 Å². The first kappa shape index (κ1) is 15.0. The summed E-state index contributed by atoms with van der Waals surface area (Å²) in [4.78, 5) is 14.4. The number of nitrogens with zero attached hydrogens (tertiary/aromatic N) is 3. The van der Waals surface area contributed by atoms with E-state index in [9.17, 15) is 4.79 Å². The average molecular weight is 273 g/mol. The molecule has 2 heterocycles. The van der Waals surface area contributed by atoms with Gasteiger partial charge in [0, 0.05) is 31.9 Å². The summed E-state index contributed by atoms with van der Waals surface area (Å²) in [6.07, 6.45) is 3.86. The minimum Gasteiger partial charge on any atom is -0.334 e. The van der Waals surface area contributed by atoms with Crippen LogP contribution in [0.5, 0.6) is 0 Å². The third kappa shape index (κ3) is 2.67. The highest BCUT2D eigenvalue weighted by molar-refractivity contribution is 5.95. The lowest BCUT2D eigenvalue weighted by Crippen LogP contribution is -2.41. The Balaban J connectivity index is 0.00000162. The molecule has 0 saturated carbocycles. The Kier molecular flexibility index (Phi) is 5.16. The molecule has 1 unspecified atom stereocenters. The summed E-state index contributed by atoms with van der Waals surface area (Å²) in [5.74, 6) is 0.119. The lowest BCUT2D eigenvalue weighted by Gasteiger charge is -2.24. The van der Waals surface area contributed by atoms with E-state index in [2.05, 4.69) is 10.4 Å². The number of likely N-dealkylation sites (tertiary alicyclic amines) is 1. The van der Waals surface area contributed by atoms with Crippen LogP contribution in [0.25, 0.3) is 0 Å². The number of carbonyl (C=O) groups is 1. The number of aryl methyl sites for hydroxylation is 1. The number of aromatic nitrogens is 2. The highest BCUT2D eigenvalue weighted by Gasteiger charge is 2.30. The zero-order chi connectivity index (χ0) is 12.4. The summed E-state index contributed by atoms with van der Waals surface area (Å²) >= 11 is 0. The van der Waals surface area contributed by atoms with Gasteiger partial charge in [0.2, 0.25) is 0 Å². The highest BCUT2D eigenvalue weighted by atomic mass is 35.5. The van der Waals surface area contributed by atoms with Crippen LogP contribution in [-0.4, -0.2) is 46.8 Å². The second kappa shape index (κ2) is 6.20. The number of hydrogen-bond donors (Lipinski definition) is 1. The number of rotatable bonds is 3. The molecule has 1 aliphatic rings. The molecule has 0 aromatic carbocycles. The fourth-order valence-electron chi connectivity index (χ4n) is 2.41. The lowest BCUT2D eigenvalue weighted by molar-refractivity contribution is 0.0736. The van der Waals surface area contributed by atoms with Crippen LogP contribution in [0.4, 0.5) is 0 Å². The first-order chi connectivity index (χ1) is 8.15. The number of carbonyl (C=O) groups excluding carboxylic acids is 1. The smallest absolute Gasteiger partial charge is 0.257 e. The molecule has 1 aromatic heterocycles. The Labute approximate surface area is 114 Å². The quantitative estimate of drug-likeness (QED) is 0.892. The third-order valence-corrected chi connectivity index (χ3v) is 3.54. The molecule has 0 aliphatic carbocycles. The third-order valence-electron chi connectivity index (χ3n) is 3.54. The van der Waals surface area contributed by atoms with E-state index >= 15 is 0 Å². The second-order valence-electron chi connectivity index (χ2n) is 4.62. The van der Waals surface area contributed by atoms with Crippen molar-refractivity contribution >= 4 is 18.3 Å². The van der Waals surface area contributed by atoms with Gasteiger partial charge < -0.3 is 10.2 Å². The molecule has 0 radical (unpaired) electrons. The van der Waals surface area contributed by atoms with Gasteiger partial charge in [0.05, 0.1) is 11.8 Å². The molecule has 0 spiro atoms. The molecule has 102 valence electrons.